The SMILES string of the molecule is CC(=O)CCNCc1cc(F)ccc1F. The summed E-state index contributed by atoms with van der Waals surface area (Å²) in [6.07, 6.45) is 0.400. The molecule has 1 rings (SSSR count). The number of carbonyl (C=O) groups excluding carboxylic acids is 1. The highest BCUT2D eigenvalue weighted by Crippen LogP contribution is 2.08. The van der Waals surface area contributed by atoms with Crippen LogP contribution in [0.2, 0.25) is 0 Å². The third-order valence-corrected chi connectivity index (χ3v) is 1.98. The van der Waals surface area contributed by atoms with E-state index in [0.29, 0.717) is 13.0 Å². The van der Waals surface area contributed by atoms with Gasteiger partial charge in [0.05, 0.1) is 0 Å². The van der Waals surface area contributed by atoms with Gasteiger partial charge in [-0.2, -0.15) is 0 Å². The molecular weight excluding hydrogens is 200 g/mol. The van der Waals surface area contributed by atoms with Crippen LogP contribution in [0.4, 0.5) is 8.78 Å². The molecule has 0 aliphatic carbocycles. The maximum atomic E-state index is 13.1. The first-order valence-corrected chi connectivity index (χ1v) is 4.73. The van der Waals surface area contributed by atoms with Gasteiger partial charge in [-0.3, -0.25) is 4.79 Å². The van der Waals surface area contributed by atoms with Crippen molar-refractivity contribution < 1.29 is 13.6 Å². The van der Waals surface area contributed by atoms with Crippen molar-refractivity contribution in [1.82, 2.24) is 5.32 Å². The van der Waals surface area contributed by atoms with Crippen molar-refractivity contribution in [2.45, 2.75) is 19.9 Å². The van der Waals surface area contributed by atoms with Crippen LogP contribution in [0.15, 0.2) is 18.2 Å². The molecule has 0 saturated carbocycles. The predicted octanol–water partition coefficient (Wildman–Crippen LogP) is 2.03. The van der Waals surface area contributed by atoms with E-state index in [9.17, 15) is 13.6 Å². The maximum Gasteiger partial charge on any atom is 0.131 e. The summed E-state index contributed by atoms with van der Waals surface area (Å²) in [4.78, 5) is 10.6. The second-order valence-corrected chi connectivity index (χ2v) is 3.36. The van der Waals surface area contributed by atoms with Crippen molar-refractivity contribution in [1.29, 1.82) is 0 Å². The van der Waals surface area contributed by atoms with E-state index in [1.807, 2.05) is 0 Å². The highest BCUT2D eigenvalue weighted by Gasteiger charge is 2.03. The Labute approximate surface area is 87.3 Å². The van der Waals surface area contributed by atoms with Gasteiger partial charge in [-0.15, -0.1) is 0 Å². The summed E-state index contributed by atoms with van der Waals surface area (Å²) >= 11 is 0. The van der Waals surface area contributed by atoms with Gasteiger partial charge in [0.1, 0.15) is 17.4 Å². The van der Waals surface area contributed by atoms with Gasteiger partial charge in [0.2, 0.25) is 0 Å². The average molecular weight is 213 g/mol. The minimum absolute atomic E-state index is 0.0715. The number of carbonyl (C=O) groups is 1. The van der Waals surface area contributed by atoms with Gasteiger partial charge >= 0.3 is 0 Å². The summed E-state index contributed by atoms with van der Waals surface area (Å²) in [6, 6.07) is 3.32. The highest BCUT2D eigenvalue weighted by molar-refractivity contribution is 5.75. The Hall–Kier alpha value is -1.29. The molecular formula is C11H13F2NO. The smallest absolute Gasteiger partial charge is 0.131 e. The predicted molar refractivity (Wildman–Crippen MR) is 53.4 cm³/mol. The molecule has 0 aromatic heterocycles. The first kappa shape index (κ1) is 11.8. The number of halogens is 2. The Bertz CT molecular complexity index is 352. The van der Waals surface area contributed by atoms with Crippen LogP contribution in [-0.2, 0) is 11.3 Å². The molecule has 0 spiro atoms. The zero-order valence-electron chi connectivity index (χ0n) is 8.52. The molecule has 82 valence electrons. The van der Waals surface area contributed by atoms with Gasteiger partial charge in [-0.1, -0.05) is 0 Å². The van der Waals surface area contributed by atoms with Gasteiger partial charge in [0, 0.05) is 25.1 Å². The molecule has 0 atom stereocenters. The van der Waals surface area contributed by atoms with Crippen LogP contribution in [-0.4, -0.2) is 12.3 Å². The Morgan fingerprint density at radius 3 is 2.80 bits per heavy atom. The molecule has 15 heavy (non-hydrogen) atoms. The van der Waals surface area contributed by atoms with Crippen molar-refractivity contribution in [3.8, 4) is 0 Å². The van der Waals surface area contributed by atoms with Crippen LogP contribution >= 0.6 is 0 Å². The molecule has 0 radical (unpaired) electrons. The van der Waals surface area contributed by atoms with E-state index in [4.69, 9.17) is 0 Å². The number of nitrogens with one attached hydrogen (secondary N) is 1. The summed E-state index contributed by atoms with van der Waals surface area (Å²) < 4.78 is 25.8. The van der Waals surface area contributed by atoms with Crippen LogP contribution in [0, 0.1) is 11.6 Å². The van der Waals surface area contributed by atoms with E-state index in [0.717, 1.165) is 18.2 Å². The zero-order valence-corrected chi connectivity index (χ0v) is 8.52. The van der Waals surface area contributed by atoms with Crippen LogP contribution in [0.3, 0.4) is 0 Å². The fraction of sp³-hybridized carbons (Fsp3) is 0.364. The lowest BCUT2D eigenvalue weighted by atomic mass is 10.2. The first-order valence-electron chi connectivity index (χ1n) is 4.73. The fourth-order valence-corrected chi connectivity index (χ4v) is 1.17. The molecule has 1 aromatic rings. The second kappa shape index (κ2) is 5.56. The number of hydrogen-bond donors (Lipinski definition) is 1. The van der Waals surface area contributed by atoms with Crippen LogP contribution in [0.1, 0.15) is 18.9 Å². The number of ketones is 1. The highest BCUT2D eigenvalue weighted by atomic mass is 19.1. The summed E-state index contributed by atoms with van der Waals surface area (Å²) in [5.74, 6) is -0.825. The van der Waals surface area contributed by atoms with E-state index in [1.165, 1.54) is 6.92 Å². The van der Waals surface area contributed by atoms with Crippen molar-refractivity contribution in [3.63, 3.8) is 0 Å². The average Bonchev–Trinajstić information content (AvgIpc) is 2.17. The minimum atomic E-state index is -0.459. The molecule has 0 fully saturated rings. The Kier molecular flexibility index (Phi) is 4.37. The summed E-state index contributed by atoms with van der Waals surface area (Å²) in [6.45, 7) is 2.20. The van der Waals surface area contributed by atoms with Crippen molar-refractivity contribution in [2.75, 3.05) is 6.54 Å². The zero-order chi connectivity index (χ0) is 11.3. The normalized spacial score (nSPS) is 10.3. The van der Waals surface area contributed by atoms with Crippen LogP contribution in [0.25, 0.3) is 0 Å². The molecule has 4 heteroatoms. The summed E-state index contributed by atoms with van der Waals surface area (Å²) in [7, 11) is 0. The van der Waals surface area contributed by atoms with Gasteiger partial charge in [-0.05, 0) is 25.1 Å². The largest absolute Gasteiger partial charge is 0.312 e. The third-order valence-electron chi connectivity index (χ3n) is 1.98. The van der Waals surface area contributed by atoms with Crippen LogP contribution < -0.4 is 5.32 Å². The number of benzene rings is 1. The molecule has 1 N–H and O–H groups in total. The number of Topliss-reactive ketones (excluding diaryl/α,β-unsaturated/α-hetero) is 1. The topological polar surface area (TPSA) is 29.1 Å². The van der Waals surface area contributed by atoms with Crippen molar-refractivity contribution in [3.05, 3.63) is 35.4 Å². The van der Waals surface area contributed by atoms with E-state index in [-0.39, 0.29) is 17.9 Å². The molecule has 1 aromatic carbocycles. The Morgan fingerprint density at radius 2 is 2.13 bits per heavy atom. The molecule has 0 amide bonds. The molecule has 0 saturated heterocycles. The van der Waals surface area contributed by atoms with Crippen LogP contribution in [0.5, 0.6) is 0 Å². The molecule has 0 unspecified atom stereocenters. The fourth-order valence-electron chi connectivity index (χ4n) is 1.17. The van der Waals surface area contributed by atoms with E-state index in [1.54, 1.807) is 0 Å². The van der Waals surface area contributed by atoms with Gasteiger partial charge in [-0.25, -0.2) is 8.78 Å². The lowest BCUT2D eigenvalue weighted by molar-refractivity contribution is -0.116. The van der Waals surface area contributed by atoms with Gasteiger partial charge in [0.25, 0.3) is 0 Å². The molecule has 2 nitrogen and oxygen atoms in total. The van der Waals surface area contributed by atoms with E-state index < -0.39 is 11.6 Å². The Balaban J connectivity index is 2.43. The van der Waals surface area contributed by atoms with E-state index in [2.05, 4.69) is 5.32 Å². The van der Waals surface area contributed by atoms with E-state index >= 15 is 0 Å². The number of rotatable bonds is 5. The molecule has 0 bridgehead atoms. The van der Waals surface area contributed by atoms with Crippen molar-refractivity contribution >= 4 is 5.78 Å². The third kappa shape index (κ3) is 4.16. The molecule has 0 aliphatic heterocycles. The Morgan fingerprint density at radius 1 is 1.40 bits per heavy atom. The minimum Gasteiger partial charge on any atom is -0.312 e. The maximum absolute atomic E-state index is 13.1. The quantitative estimate of drug-likeness (QED) is 0.758. The number of hydrogen-bond acceptors (Lipinski definition) is 2. The summed E-state index contributed by atoms with van der Waals surface area (Å²) in [5, 5.41) is 2.87. The monoisotopic (exact) mass is 213 g/mol. The molecule has 0 heterocycles. The second-order valence-electron chi connectivity index (χ2n) is 3.36. The standard InChI is InChI=1S/C11H13F2NO/c1-8(15)4-5-14-7-9-6-10(12)2-3-11(9)13/h2-3,6,14H,4-5,7H2,1H3. The van der Waals surface area contributed by atoms with Gasteiger partial charge < -0.3 is 5.32 Å². The van der Waals surface area contributed by atoms with Gasteiger partial charge in [0.15, 0.2) is 0 Å². The first-order chi connectivity index (χ1) is 7.09. The lowest BCUT2D eigenvalue weighted by Crippen LogP contribution is -2.17. The summed E-state index contributed by atoms with van der Waals surface area (Å²) in [5.41, 5.74) is 0.276. The lowest BCUT2D eigenvalue weighted by Gasteiger charge is -2.04. The van der Waals surface area contributed by atoms with Crippen molar-refractivity contribution in [2.24, 2.45) is 0 Å². The molecule has 0 aliphatic rings.